The van der Waals surface area contributed by atoms with E-state index in [4.69, 9.17) is 9.47 Å². The zero-order valence-corrected chi connectivity index (χ0v) is 18.5. The van der Waals surface area contributed by atoms with Crippen molar-refractivity contribution in [2.75, 3.05) is 46.2 Å². The minimum Gasteiger partial charge on any atom is -0.496 e. The molecule has 1 aromatic rings. The first kappa shape index (κ1) is 22.4. The molecule has 1 N–H and O–H groups in total. The second-order valence-electron chi connectivity index (χ2n) is 5.69. The highest BCUT2D eigenvalue weighted by Crippen LogP contribution is 2.21. The quantitative estimate of drug-likeness (QED) is 0.282. The molecule has 1 unspecified atom stereocenters. The average molecular weight is 479 g/mol. The number of hydrogen-bond acceptors (Lipinski definition) is 4. The standard InChI is InChI=1S/C18H29N3O2S.HI/c1-4-16-13-21(10-12-24-16)18(19-2)20-9-11-23-14-15-7-5-6-8-17(15)22-3;/h5-8,16H,4,9-14H2,1-3H3,(H,19,20);1H. The SMILES string of the molecule is CCC1CN(C(=NC)NCCOCc2ccccc2OC)CCS1.I. The van der Waals surface area contributed by atoms with Gasteiger partial charge in [-0.2, -0.15) is 11.8 Å². The van der Waals surface area contributed by atoms with Crippen molar-refractivity contribution in [1.82, 2.24) is 10.2 Å². The lowest BCUT2D eigenvalue weighted by atomic mass is 10.2. The van der Waals surface area contributed by atoms with Crippen molar-refractivity contribution < 1.29 is 9.47 Å². The Morgan fingerprint density at radius 3 is 2.92 bits per heavy atom. The number of thioether (sulfide) groups is 1. The molecule has 7 heteroatoms. The molecule has 0 aliphatic carbocycles. The molecule has 1 aliphatic rings. The van der Waals surface area contributed by atoms with Gasteiger partial charge in [0.2, 0.25) is 0 Å². The molecule has 1 atom stereocenters. The van der Waals surface area contributed by atoms with Crippen LogP contribution in [-0.2, 0) is 11.3 Å². The van der Waals surface area contributed by atoms with Gasteiger partial charge in [-0.25, -0.2) is 0 Å². The number of aliphatic imine (C=N–C) groups is 1. The summed E-state index contributed by atoms with van der Waals surface area (Å²) in [5, 5.41) is 4.12. The summed E-state index contributed by atoms with van der Waals surface area (Å²) in [6.45, 7) is 6.33. The minimum atomic E-state index is 0. The lowest BCUT2D eigenvalue weighted by molar-refractivity contribution is 0.123. The Labute approximate surface area is 173 Å². The number of hydrogen-bond donors (Lipinski definition) is 1. The molecule has 0 aromatic heterocycles. The van der Waals surface area contributed by atoms with Gasteiger partial charge in [-0.05, 0) is 12.5 Å². The first-order valence-corrected chi connectivity index (χ1v) is 9.60. The van der Waals surface area contributed by atoms with Crippen molar-refractivity contribution in [3.05, 3.63) is 29.8 Å². The summed E-state index contributed by atoms with van der Waals surface area (Å²) < 4.78 is 11.1. The van der Waals surface area contributed by atoms with Gasteiger partial charge in [-0.15, -0.1) is 24.0 Å². The fourth-order valence-electron chi connectivity index (χ4n) is 2.73. The number of guanidine groups is 1. The molecule has 0 radical (unpaired) electrons. The maximum absolute atomic E-state index is 5.77. The van der Waals surface area contributed by atoms with Crippen LogP contribution in [0.25, 0.3) is 0 Å². The fourth-order valence-corrected chi connectivity index (χ4v) is 3.91. The summed E-state index contributed by atoms with van der Waals surface area (Å²) in [5.41, 5.74) is 1.07. The second-order valence-corrected chi connectivity index (χ2v) is 7.09. The van der Waals surface area contributed by atoms with Crippen LogP contribution in [-0.4, -0.2) is 62.3 Å². The molecule has 5 nitrogen and oxygen atoms in total. The van der Waals surface area contributed by atoms with E-state index in [0.717, 1.165) is 36.9 Å². The van der Waals surface area contributed by atoms with E-state index in [1.54, 1.807) is 7.11 Å². The molecule has 1 heterocycles. The van der Waals surface area contributed by atoms with E-state index in [-0.39, 0.29) is 24.0 Å². The van der Waals surface area contributed by atoms with Crippen LogP contribution < -0.4 is 10.1 Å². The van der Waals surface area contributed by atoms with E-state index in [1.807, 2.05) is 31.3 Å². The van der Waals surface area contributed by atoms with Crippen LogP contribution >= 0.6 is 35.7 Å². The minimum absolute atomic E-state index is 0. The van der Waals surface area contributed by atoms with E-state index < -0.39 is 0 Å². The van der Waals surface area contributed by atoms with E-state index in [0.29, 0.717) is 18.5 Å². The van der Waals surface area contributed by atoms with Crippen molar-refractivity contribution >= 4 is 41.7 Å². The van der Waals surface area contributed by atoms with Crippen molar-refractivity contribution in [3.63, 3.8) is 0 Å². The summed E-state index contributed by atoms with van der Waals surface area (Å²) in [4.78, 5) is 6.76. The third-order valence-electron chi connectivity index (χ3n) is 4.09. The van der Waals surface area contributed by atoms with Gasteiger partial charge < -0.3 is 19.7 Å². The third kappa shape index (κ3) is 7.22. The summed E-state index contributed by atoms with van der Waals surface area (Å²) in [5.74, 6) is 3.02. The van der Waals surface area contributed by atoms with Gasteiger partial charge in [0.05, 0.1) is 20.3 Å². The maximum atomic E-state index is 5.77. The molecule has 25 heavy (non-hydrogen) atoms. The van der Waals surface area contributed by atoms with Crippen molar-refractivity contribution in [1.29, 1.82) is 0 Å². The van der Waals surface area contributed by atoms with Crippen LogP contribution in [0.4, 0.5) is 0 Å². The largest absolute Gasteiger partial charge is 0.496 e. The first-order valence-electron chi connectivity index (χ1n) is 8.55. The Morgan fingerprint density at radius 2 is 2.20 bits per heavy atom. The van der Waals surface area contributed by atoms with Gasteiger partial charge in [-0.1, -0.05) is 25.1 Å². The summed E-state index contributed by atoms with van der Waals surface area (Å²) in [6.07, 6.45) is 1.21. The van der Waals surface area contributed by atoms with Crippen molar-refractivity contribution in [2.24, 2.45) is 4.99 Å². The number of ether oxygens (including phenoxy) is 2. The van der Waals surface area contributed by atoms with Gasteiger partial charge in [0.15, 0.2) is 5.96 Å². The Balaban J connectivity index is 0.00000312. The average Bonchev–Trinajstić information content (AvgIpc) is 2.65. The third-order valence-corrected chi connectivity index (χ3v) is 5.46. The Morgan fingerprint density at radius 1 is 1.40 bits per heavy atom. The number of methoxy groups -OCH3 is 1. The van der Waals surface area contributed by atoms with Gasteiger partial charge in [-0.3, -0.25) is 4.99 Å². The lowest BCUT2D eigenvalue weighted by Gasteiger charge is -2.34. The summed E-state index contributed by atoms with van der Waals surface area (Å²) >= 11 is 2.07. The summed E-state index contributed by atoms with van der Waals surface area (Å²) in [7, 11) is 3.53. The zero-order chi connectivity index (χ0) is 17.2. The molecule has 0 spiro atoms. The highest BCUT2D eigenvalue weighted by molar-refractivity contribution is 14.0. The number of benzene rings is 1. The molecule has 2 rings (SSSR count). The van der Waals surface area contributed by atoms with Gasteiger partial charge >= 0.3 is 0 Å². The van der Waals surface area contributed by atoms with Crippen molar-refractivity contribution in [2.45, 2.75) is 25.2 Å². The number of nitrogens with zero attached hydrogens (tertiary/aromatic N) is 2. The number of halogens is 1. The maximum Gasteiger partial charge on any atom is 0.193 e. The molecule has 0 bridgehead atoms. The Bertz CT molecular complexity index is 531. The smallest absolute Gasteiger partial charge is 0.193 e. The molecular weight excluding hydrogens is 449 g/mol. The first-order chi connectivity index (χ1) is 11.8. The number of para-hydroxylation sites is 1. The highest BCUT2D eigenvalue weighted by atomic mass is 127. The van der Waals surface area contributed by atoms with Crippen LogP contribution in [0.15, 0.2) is 29.3 Å². The molecule has 1 fully saturated rings. The topological polar surface area (TPSA) is 46.1 Å². The van der Waals surface area contributed by atoms with E-state index in [1.165, 1.54) is 12.2 Å². The van der Waals surface area contributed by atoms with Crippen molar-refractivity contribution in [3.8, 4) is 5.75 Å². The molecule has 1 aromatic carbocycles. The van der Waals surface area contributed by atoms with Crippen LogP contribution in [0.3, 0.4) is 0 Å². The van der Waals surface area contributed by atoms with Gasteiger partial charge in [0, 0.05) is 43.2 Å². The second kappa shape index (κ2) is 12.6. The molecule has 1 saturated heterocycles. The molecule has 0 saturated carbocycles. The van der Waals surface area contributed by atoms with Crippen LogP contribution in [0, 0.1) is 0 Å². The van der Waals surface area contributed by atoms with Crippen LogP contribution in [0.1, 0.15) is 18.9 Å². The van der Waals surface area contributed by atoms with Crippen LogP contribution in [0.2, 0.25) is 0 Å². The van der Waals surface area contributed by atoms with E-state index in [9.17, 15) is 0 Å². The molecule has 142 valence electrons. The number of nitrogens with one attached hydrogen (secondary N) is 1. The molecule has 1 aliphatic heterocycles. The van der Waals surface area contributed by atoms with Gasteiger partial charge in [0.1, 0.15) is 5.75 Å². The Hall–Kier alpha value is -0.670. The normalized spacial score (nSPS) is 17.8. The van der Waals surface area contributed by atoms with Gasteiger partial charge in [0.25, 0.3) is 0 Å². The predicted octanol–water partition coefficient (Wildman–Crippen LogP) is 3.23. The fraction of sp³-hybridized carbons (Fsp3) is 0.611. The zero-order valence-electron chi connectivity index (χ0n) is 15.4. The van der Waals surface area contributed by atoms with Crippen LogP contribution in [0.5, 0.6) is 5.75 Å². The highest BCUT2D eigenvalue weighted by Gasteiger charge is 2.21. The van der Waals surface area contributed by atoms with E-state index >= 15 is 0 Å². The molecule has 0 amide bonds. The number of rotatable bonds is 7. The lowest BCUT2D eigenvalue weighted by Crippen LogP contribution is -2.48. The Kier molecular flexibility index (Phi) is 11.3. The summed E-state index contributed by atoms with van der Waals surface area (Å²) in [6, 6.07) is 7.95. The monoisotopic (exact) mass is 479 g/mol. The molecular formula is C18H30IN3O2S. The van der Waals surface area contributed by atoms with E-state index in [2.05, 4.69) is 33.9 Å². The predicted molar refractivity (Wildman–Crippen MR) is 118 cm³/mol.